The number of para-hydroxylation sites is 1. The molecule has 3 saturated heterocycles. The first-order valence-electron chi connectivity index (χ1n) is 27.1. The van der Waals surface area contributed by atoms with E-state index in [1.807, 2.05) is 69.7 Å². The van der Waals surface area contributed by atoms with Crippen molar-refractivity contribution in [3.05, 3.63) is 95.6 Å². The van der Waals surface area contributed by atoms with E-state index in [0.717, 1.165) is 43.0 Å². The summed E-state index contributed by atoms with van der Waals surface area (Å²) >= 11 is 1.87. The molecule has 1 atom stereocenters. The summed E-state index contributed by atoms with van der Waals surface area (Å²) in [4.78, 5) is 76.2. The largest absolute Gasteiger partial charge is 0.507 e. The molecule has 0 bridgehead atoms. The number of phenolic OH excluding ortho intramolecular Hbond substituents is 1. The SMILES string of the molecule is CC(C)(C)OC(=O)N1CCC(O)CC1.CN(C)CCCCC(NC(=O)C1(C(=O)O)CCC1)C(=O)Nc1ccc(COC(=O)N/C(N)=C(/C=C/c2ccccc2O)N2CCN(c3ccnc(OC4CCC4)c3)C3(CSC3)C2)cc1. The van der Waals surface area contributed by atoms with Gasteiger partial charge in [-0.3, -0.25) is 19.7 Å². The Hall–Kier alpha value is -6.71. The number of benzene rings is 2. The number of nitrogens with one attached hydrogen (secondary N) is 3. The van der Waals surface area contributed by atoms with Crippen LogP contribution in [0.1, 0.15) is 103 Å². The van der Waals surface area contributed by atoms with Crippen LogP contribution in [-0.2, 0) is 30.5 Å². The van der Waals surface area contributed by atoms with Gasteiger partial charge in [-0.25, -0.2) is 14.6 Å². The number of pyridine rings is 1. The minimum Gasteiger partial charge on any atom is -0.507 e. The number of ether oxygens (including phenoxy) is 3. The Morgan fingerprint density at radius 2 is 1.65 bits per heavy atom. The van der Waals surface area contributed by atoms with Gasteiger partial charge >= 0.3 is 18.2 Å². The highest BCUT2D eigenvalue weighted by molar-refractivity contribution is 8.00. The van der Waals surface area contributed by atoms with Crippen molar-refractivity contribution in [3.63, 3.8) is 0 Å². The number of thioether (sulfide) groups is 1. The van der Waals surface area contributed by atoms with Crippen LogP contribution >= 0.6 is 11.8 Å². The van der Waals surface area contributed by atoms with Crippen LogP contribution in [0.3, 0.4) is 0 Å². The van der Waals surface area contributed by atoms with Gasteiger partial charge in [-0.05, 0) is 148 Å². The molecule has 4 amide bonds. The Morgan fingerprint density at radius 1 is 0.936 bits per heavy atom. The summed E-state index contributed by atoms with van der Waals surface area (Å²) in [6.45, 7) is 9.38. The molecule has 0 radical (unpaired) electrons. The van der Waals surface area contributed by atoms with E-state index in [0.29, 0.717) is 93.2 Å². The van der Waals surface area contributed by atoms with E-state index in [1.54, 1.807) is 65.7 Å². The van der Waals surface area contributed by atoms with E-state index < -0.39 is 40.9 Å². The second-order valence-corrected chi connectivity index (χ2v) is 23.1. The number of allylic oxidation sites excluding steroid dienone is 1. The lowest BCUT2D eigenvalue weighted by molar-refractivity contribution is -0.162. The van der Waals surface area contributed by atoms with Crippen molar-refractivity contribution in [1.82, 2.24) is 30.3 Å². The van der Waals surface area contributed by atoms with E-state index in [1.165, 1.54) is 6.42 Å². The average molecular weight is 1100 g/mol. The maximum absolute atomic E-state index is 13.5. The molecule has 8 N–H and O–H groups in total. The Kier molecular flexibility index (Phi) is 20.2. The molecule has 4 heterocycles. The van der Waals surface area contributed by atoms with Gasteiger partial charge in [0.1, 0.15) is 41.3 Å². The Morgan fingerprint density at radius 3 is 2.26 bits per heavy atom. The number of aliphatic hydroxyl groups is 1. The number of likely N-dealkylation sites (tertiary alicyclic amines) is 1. The first kappa shape index (κ1) is 59.0. The van der Waals surface area contributed by atoms with Crippen molar-refractivity contribution >= 4 is 59.2 Å². The number of rotatable bonds is 19. The Labute approximate surface area is 462 Å². The Balaban J connectivity index is 0.000000548. The summed E-state index contributed by atoms with van der Waals surface area (Å²) in [6.07, 6.45) is 11.8. The van der Waals surface area contributed by atoms with E-state index in [9.17, 15) is 39.3 Å². The van der Waals surface area contributed by atoms with Crippen LogP contribution in [0.15, 0.2) is 84.5 Å². The number of piperidine rings is 1. The molecule has 1 aromatic heterocycles. The van der Waals surface area contributed by atoms with Gasteiger partial charge in [0.05, 0.1) is 17.3 Å². The van der Waals surface area contributed by atoms with E-state index >= 15 is 0 Å². The van der Waals surface area contributed by atoms with Crippen LogP contribution in [0.25, 0.3) is 6.08 Å². The van der Waals surface area contributed by atoms with Crippen LogP contribution in [0.5, 0.6) is 11.6 Å². The van der Waals surface area contributed by atoms with Crippen molar-refractivity contribution in [2.24, 2.45) is 11.1 Å². The van der Waals surface area contributed by atoms with Crippen LogP contribution in [-0.4, -0.2) is 159 Å². The fraction of sp³-hybridized carbons (Fsp3) is 0.544. The molecule has 78 heavy (non-hydrogen) atoms. The summed E-state index contributed by atoms with van der Waals surface area (Å²) in [7, 11) is 3.92. The molecule has 2 aliphatic carbocycles. The number of hydrogen-bond donors (Lipinski definition) is 7. The summed E-state index contributed by atoms with van der Waals surface area (Å²) < 4.78 is 16.9. The molecule has 1 spiro atoms. The third-order valence-electron chi connectivity index (χ3n) is 14.7. The molecule has 1 unspecified atom stereocenters. The zero-order valence-corrected chi connectivity index (χ0v) is 46.5. The maximum Gasteiger partial charge on any atom is 0.413 e. The number of carboxylic acid groups (broad SMARTS) is 1. The van der Waals surface area contributed by atoms with Crippen LogP contribution in [0, 0.1) is 5.41 Å². The number of aliphatic hydroxyl groups excluding tert-OH is 1. The molecular formula is C57H79N9O11S. The van der Waals surface area contributed by atoms with E-state index in [-0.39, 0.29) is 54.9 Å². The number of amides is 4. The van der Waals surface area contributed by atoms with E-state index in [2.05, 4.69) is 30.7 Å². The molecule has 2 saturated carbocycles. The number of aromatic nitrogens is 1. The lowest BCUT2D eigenvalue weighted by Gasteiger charge is -2.57. The van der Waals surface area contributed by atoms with Gasteiger partial charge < -0.3 is 65.5 Å². The van der Waals surface area contributed by atoms with Gasteiger partial charge in [0.25, 0.3) is 0 Å². The predicted molar refractivity (Wildman–Crippen MR) is 300 cm³/mol. The Bertz CT molecular complexity index is 2610. The fourth-order valence-corrected chi connectivity index (χ4v) is 10.9. The highest BCUT2D eigenvalue weighted by Crippen LogP contribution is 2.43. The minimum absolute atomic E-state index is 0.0877. The predicted octanol–water partition coefficient (Wildman–Crippen LogP) is 6.88. The molecule has 21 heteroatoms. The van der Waals surface area contributed by atoms with Gasteiger partial charge in [0, 0.05) is 73.4 Å². The normalized spacial score (nSPS) is 18.7. The number of alkyl carbamates (subject to hydrolysis) is 1. The molecule has 8 rings (SSSR count). The number of aliphatic carboxylic acids is 1. The lowest BCUT2D eigenvalue weighted by Crippen LogP contribution is -2.69. The molecule has 20 nitrogen and oxygen atoms in total. The van der Waals surface area contributed by atoms with E-state index in [4.69, 9.17) is 19.9 Å². The molecule has 2 aromatic carbocycles. The summed E-state index contributed by atoms with van der Waals surface area (Å²) in [6, 6.07) is 16.9. The summed E-state index contributed by atoms with van der Waals surface area (Å²) in [5.74, 6) is 0.412. The number of unbranched alkanes of at least 4 members (excludes halogenated alkanes) is 1. The first-order chi connectivity index (χ1) is 37.2. The molecule has 5 aliphatic rings. The molecule has 5 fully saturated rings. The number of aromatic hydroxyl groups is 1. The highest BCUT2D eigenvalue weighted by atomic mass is 32.2. The number of phenols is 1. The number of carbonyl (C=O) groups excluding carboxylic acids is 4. The van der Waals surface area contributed by atoms with Crippen LogP contribution in [0.4, 0.5) is 21.0 Å². The van der Waals surface area contributed by atoms with Gasteiger partial charge in [0.15, 0.2) is 0 Å². The van der Waals surface area contributed by atoms with Crippen molar-refractivity contribution in [3.8, 4) is 11.6 Å². The third kappa shape index (κ3) is 16.0. The number of piperazine rings is 1. The zero-order valence-electron chi connectivity index (χ0n) is 45.7. The highest BCUT2D eigenvalue weighted by Gasteiger charge is 2.52. The van der Waals surface area contributed by atoms with Crippen molar-refractivity contribution in [2.75, 3.05) is 75.1 Å². The molecule has 424 valence electrons. The number of carbonyl (C=O) groups is 5. The number of nitrogens with two attached hydrogens (primary N) is 1. The molecular weight excluding hydrogens is 1020 g/mol. The van der Waals surface area contributed by atoms with Gasteiger partial charge in [-0.2, -0.15) is 11.8 Å². The second kappa shape index (κ2) is 26.8. The third-order valence-corrected chi connectivity index (χ3v) is 16.2. The van der Waals surface area contributed by atoms with Crippen molar-refractivity contribution in [1.29, 1.82) is 0 Å². The second-order valence-electron chi connectivity index (χ2n) is 22.2. The standard InChI is InChI=1S/C47H60N8O8S.C10H19NO3/c1-53(2)24-6-5-12-37(51-43(58)47(44(59)60)21-8-22-47)42(57)50-34-17-14-32(15-18-34)28-62-45(61)52-41(48)38(19-16-33-9-3-4-13-39(33)56)54-25-26-55(46(29-54)30-64-31-46)35-20-23-49-40(27-35)63-36-10-7-11-36;1-10(2,3)14-9(13)11-6-4-8(12)5-7-11/h3-4,9,13-20,23,27,36-37,56H,5-8,10-12,21-22,24-26,28-31,48H2,1-2H3,(H,50,57)(H,51,58)(H,52,61)(H,59,60);8,12H,4-7H2,1-3H3/b19-16+,41-38-;. The maximum atomic E-state index is 13.5. The average Bonchev–Trinajstić information content (AvgIpc) is 3.36. The monoisotopic (exact) mass is 1100 g/mol. The van der Waals surface area contributed by atoms with Crippen molar-refractivity contribution in [2.45, 2.75) is 127 Å². The van der Waals surface area contributed by atoms with Gasteiger partial charge in [-0.15, -0.1) is 0 Å². The zero-order chi connectivity index (χ0) is 56.0. The summed E-state index contributed by atoms with van der Waals surface area (Å²) in [5, 5.41) is 37.9. The number of nitrogens with zero attached hydrogens (tertiary/aromatic N) is 5. The smallest absolute Gasteiger partial charge is 0.413 e. The van der Waals surface area contributed by atoms with Gasteiger partial charge in [0.2, 0.25) is 17.7 Å². The first-order valence-corrected chi connectivity index (χ1v) is 28.3. The topological polar surface area (TPSA) is 262 Å². The van der Waals surface area contributed by atoms with Crippen molar-refractivity contribution < 1.29 is 53.5 Å². The molecule has 3 aromatic rings. The van der Waals surface area contributed by atoms with Crippen LogP contribution in [0.2, 0.25) is 0 Å². The number of anilines is 2. The van der Waals surface area contributed by atoms with Gasteiger partial charge in [-0.1, -0.05) is 36.8 Å². The number of hydrogen-bond acceptors (Lipinski definition) is 16. The lowest BCUT2D eigenvalue weighted by atomic mass is 9.68. The molecule has 3 aliphatic heterocycles. The quantitative estimate of drug-likeness (QED) is 0.0366. The fourth-order valence-electron chi connectivity index (χ4n) is 9.68. The number of carboxylic acids is 1. The summed E-state index contributed by atoms with van der Waals surface area (Å²) in [5.41, 5.74) is 7.91. The minimum atomic E-state index is -1.50. The van der Waals surface area contributed by atoms with Crippen LogP contribution < -0.4 is 31.3 Å².